The van der Waals surface area contributed by atoms with Crippen molar-refractivity contribution in [2.24, 2.45) is 0 Å². The molecular weight excluding hydrogens is 508 g/mol. The molecule has 1 fully saturated rings. The van der Waals surface area contributed by atoms with E-state index in [1.807, 2.05) is 62.5 Å². The molecule has 1 amide bonds. The summed E-state index contributed by atoms with van der Waals surface area (Å²) in [7, 11) is 1.62. The summed E-state index contributed by atoms with van der Waals surface area (Å²) in [6.07, 6.45) is 2.41. The number of rotatable bonds is 10. The van der Waals surface area contributed by atoms with E-state index in [0.717, 1.165) is 22.2 Å². The molecule has 5 rings (SSSR count). The number of hydrogen-bond acceptors (Lipinski definition) is 6. The van der Waals surface area contributed by atoms with Crippen molar-refractivity contribution >= 4 is 28.4 Å². The van der Waals surface area contributed by atoms with E-state index in [2.05, 4.69) is 4.98 Å². The molecule has 40 heavy (non-hydrogen) atoms. The zero-order chi connectivity index (χ0) is 28.2. The molecule has 1 unspecified atom stereocenters. The lowest BCUT2D eigenvalue weighted by Crippen LogP contribution is -2.31. The van der Waals surface area contributed by atoms with Gasteiger partial charge in [0.25, 0.3) is 11.7 Å². The lowest BCUT2D eigenvalue weighted by molar-refractivity contribution is -0.139. The Hall–Kier alpha value is -4.72. The number of H-pyrrole nitrogens is 1. The topological polar surface area (TPSA) is 101 Å². The Labute approximate surface area is 232 Å². The second kappa shape index (κ2) is 11.6. The van der Waals surface area contributed by atoms with Gasteiger partial charge >= 0.3 is 0 Å². The minimum Gasteiger partial charge on any atom is -0.507 e. The van der Waals surface area contributed by atoms with E-state index in [9.17, 15) is 14.7 Å². The average molecular weight is 541 g/mol. The summed E-state index contributed by atoms with van der Waals surface area (Å²) in [4.78, 5) is 31.7. The van der Waals surface area contributed by atoms with Crippen molar-refractivity contribution in [3.63, 3.8) is 0 Å². The van der Waals surface area contributed by atoms with E-state index in [-0.39, 0.29) is 17.9 Å². The highest BCUT2D eigenvalue weighted by atomic mass is 16.5. The highest BCUT2D eigenvalue weighted by Gasteiger charge is 2.45. The first-order valence-corrected chi connectivity index (χ1v) is 13.3. The number of fused-ring (bicyclic) bond motifs is 1. The van der Waals surface area contributed by atoms with Gasteiger partial charge in [-0.1, -0.05) is 12.1 Å². The molecule has 1 saturated heterocycles. The van der Waals surface area contributed by atoms with Gasteiger partial charge in [0.05, 0.1) is 31.9 Å². The summed E-state index contributed by atoms with van der Waals surface area (Å²) in [6, 6.07) is 19.1. The highest BCUT2D eigenvalue weighted by Crippen LogP contribution is 2.40. The number of likely N-dealkylation sites (tertiary alicyclic amines) is 1. The van der Waals surface area contributed by atoms with Crippen LogP contribution < -0.4 is 14.2 Å². The number of carbonyl (C=O) groups is 2. The smallest absolute Gasteiger partial charge is 0.295 e. The Bertz CT molecular complexity index is 1550. The number of nitrogens with zero attached hydrogens (tertiary/aromatic N) is 1. The van der Waals surface area contributed by atoms with Gasteiger partial charge in [-0.05, 0) is 86.0 Å². The maximum Gasteiger partial charge on any atom is 0.295 e. The first-order chi connectivity index (χ1) is 19.4. The van der Waals surface area contributed by atoms with E-state index in [1.165, 1.54) is 4.90 Å². The SMILES string of the molecule is CCOc1ccc(/C(O)=C2/C(=O)C(=O)N(CCc3c[nH]c4ccc(OC)cc34)C2c2ccc(OCC)cc2)cc1. The van der Waals surface area contributed by atoms with Gasteiger partial charge in [0.1, 0.15) is 23.0 Å². The quantitative estimate of drug-likeness (QED) is 0.153. The summed E-state index contributed by atoms with van der Waals surface area (Å²) >= 11 is 0. The molecule has 0 aliphatic carbocycles. The van der Waals surface area contributed by atoms with Crippen LogP contribution in [0.3, 0.4) is 0 Å². The average Bonchev–Trinajstić information content (AvgIpc) is 3.49. The van der Waals surface area contributed by atoms with Crippen LogP contribution in [-0.2, 0) is 16.0 Å². The molecule has 8 heteroatoms. The van der Waals surface area contributed by atoms with Gasteiger partial charge in [-0.3, -0.25) is 9.59 Å². The van der Waals surface area contributed by atoms with Crippen LogP contribution >= 0.6 is 0 Å². The maximum absolute atomic E-state index is 13.4. The van der Waals surface area contributed by atoms with E-state index in [1.54, 1.807) is 31.4 Å². The summed E-state index contributed by atoms with van der Waals surface area (Å²) in [5.74, 6) is 0.480. The van der Waals surface area contributed by atoms with E-state index >= 15 is 0 Å². The third kappa shape index (κ3) is 5.12. The summed E-state index contributed by atoms with van der Waals surface area (Å²) in [5.41, 5.74) is 3.14. The van der Waals surface area contributed by atoms with Gasteiger partial charge in [0.15, 0.2) is 0 Å². The van der Waals surface area contributed by atoms with Gasteiger partial charge in [0, 0.05) is 29.2 Å². The zero-order valence-electron chi connectivity index (χ0n) is 22.8. The molecule has 3 aromatic carbocycles. The van der Waals surface area contributed by atoms with Gasteiger partial charge < -0.3 is 29.2 Å². The second-order valence-electron chi connectivity index (χ2n) is 9.43. The number of aliphatic hydroxyl groups is 1. The van der Waals surface area contributed by atoms with Crippen molar-refractivity contribution in [2.45, 2.75) is 26.3 Å². The van der Waals surface area contributed by atoms with Gasteiger partial charge in [-0.2, -0.15) is 0 Å². The Morgan fingerprint density at radius 2 is 1.52 bits per heavy atom. The number of methoxy groups -OCH3 is 1. The highest BCUT2D eigenvalue weighted by molar-refractivity contribution is 6.46. The molecule has 8 nitrogen and oxygen atoms in total. The third-order valence-electron chi connectivity index (χ3n) is 7.08. The molecule has 2 N–H and O–H groups in total. The fourth-order valence-corrected chi connectivity index (χ4v) is 5.13. The standard InChI is InChI=1S/C32H32N2O6/c1-4-39-23-10-6-20(7-11-23)29-28(30(35)21-8-12-24(13-9-21)40-5-2)31(36)32(37)34(29)17-16-22-19-33-27-15-14-25(38-3)18-26(22)27/h6-15,18-19,29,33,35H,4-5,16-17H2,1-3H3/b30-28-. The van der Waals surface area contributed by atoms with Crippen molar-refractivity contribution in [1.29, 1.82) is 0 Å². The van der Waals surface area contributed by atoms with Crippen LogP contribution in [0.5, 0.6) is 17.2 Å². The van der Waals surface area contributed by atoms with Crippen molar-refractivity contribution < 1.29 is 28.9 Å². The Morgan fingerprint density at radius 3 is 2.15 bits per heavy atom. The zero-order valence-corrected chi connectivity index (χ0v) is 22.8. The van der Waals surface area contributed by atoms with Crippen LogP contribution in [0, 0.1) is 0 Å². The molecule has 206 valence electrons. The third-order valence-corrected chi connectivity index (χ3v) is 7.08. The largest absolute Gasteiger partial charge is 0.507 e. The molecule has 0 radical (unpaired) electrons. The number of ether oxygens (including phenoxy) is 3. The predicted octanol–water partition coefficient (Wildman–Crippen LogP) is 5.64. The van der Waals surface area contributed by atoms with Gasteiger partial charge in [0.2, 0.25) is 0 Å². The molecule has 1 aromatic heterocycles. The van der Waals surface area contributed by atoms with Gasteiger partial charge in [-0.15, -0.1) is 0 Å². The van der Waals surface area contributed by atoms with E-state index in [0.29, 0.717) is 42.3 Å². The van der Waals surface area contributed by atoms with Crippen LogP contribution in [0.15, 0.2) is 78.5 Å². The molecular formula is C32H32N2O6. The minimum absolute atomic E-state index is 0.0546. The number of nitrogens with one attached hydrogen (secondary N) is 1. The lowest BCUT2D eigenvalue weighted by Gasteiger charge is -2.25. The number of aromatic nitrogens is 1. The van der Waals surface area contributed by atoms with Crippen molar-refractivity contribution in [1.82, 2.24) is 9.88 Å². The number of aliphatic hydroxyl groups excluding tert-OH is 1. The molecule has 1 aliphatic heterocycles. The summed E-state index contributed by atoms with van der Waals surface area (Å²) in [5, 5.41) is 12.4. The second-order valence-corrected chi connectivity index (χ2v) is 9.43. The molecule has 0 bridgehead atoms. The molecule has 1 aliphatic rings. The van der Waals surface area contributed by atoms with E-state index in [4.69, 9.17) is 14.2 Å². The first-order valence-electron chi connectivity index (χ1n) is 13.3. The van der Waals surface area contributed by atoms with Crippen LogP contribution in [0.1, 0.15) is 36.6 Å². The minimum atomic E-state index is -0.762. The Kier molecular flexibility index (Phi) is 7.77. The molecule has 4 aromatic rings. The molecule has 0 spiro atoms. The molecule has 0 saturated carbocycles. The van der Waals surface area contributed by atoms with Crippen LogP contribution in [0.2, 0.25) is 0 Å². The van der Waals surface area contributed by atoms with Crippen molar-refractivity contribution in [3.05, 3.63) is 95.2 Å². The number of carbonyl (C=O) groups excluding carboxylic acids is 2. The molecule has 2 heterocycles. The monoisotopic (exact) mass is 540 g/mol. The van der Waals surface area contributed by atoms with Crippen molar-refractivity contribution in [3.8, 4) is 17.2 Å². The lowest BCUT2D eigenvalue weighted by atomic mass is 9.95. The number of ketones is 1. The number of amides is 1. The fraction of sp³-hybridized carbons (Fsp3) is 0.250. The van der Waals surface area contributed by atoms with E-state index < -0.39 is 17.7 Å². The number of aromatic amines is 1. The number of Topliss-reactive ketones (excluding diaryl/α,β-unsaturated/α-hetero) is 1. The van der Waals surface area contributed by atoms with Crippen LogP contribution in [0.25, 0.3) is 16.7 Å². The normalized spacial score (nSPS) is 16.5. The first kappa shape index (κ1) is 26.9. The fourth-order valence-electron chi connectivity index (χ4n) is 5.13. The number of benzene rings is 3. The Balaban J connectivity index is 1.53. The summed E-state index contributed by atoms with van der Waals surface area (Å²) in [6.45, 7) is 5.09. The van der Waals surface area contributed by atoms with Crippen molar-refractivity contribution in [2.75, 3.05) is 26.9 Å². The predicted molar refractivity (Wildman–Crippen MR) is 153 cm³/mol. The van der Waals surface area contributed by atoms with Crippen LogP contribution in [0.4, 0.5) is 0 Å². The number of hydrogen-bond donors (Lipinski definition) is 2. The Morgan fingerprint density at radius 1 is 0.900 bits per heavy atom. The van der Waals surface area contributed by atoms with Gasteiger partial charge in [-0.25, -0.2) is 0 Å². The maximum atomic E-state index is 13.4. The van der Waals surface area contributed by atoms with Crippen LogP contribution in [-0.4, -0.2) is 53.5 Å². The molecule has 1 atom stereocenters. The summed E-state index contributed by atoms with van der Waals surface area (Å²) < 4.78 is 16.5.